The van der Waals surface area contributed by atoms with Crippen molar-refractivity contribution < 1.29 is 22.7 Å². The van der Waals surface area contributed by atoms with Gasteiger partial charge < -0.3 is 4.74 Å². The van der Waals surface area contributed by atoms with E-state index in [1.807, 2.05) is 0 Å². The van der Waals surface area contributed by atoms with Crippen molar-refractivity contribution in [2.75, 3.05) is 18.1 Å². The molecule has 0 saturated carbocycles. The number of sulfonamides is 1. The number of nitrogens with one attached hydrogen (secondary N) is 1. The molecule has 4 rings (SSSR count). The molecule has 1 fully saturated rings. The molecular formula is C19H18N2O5S. The van der Waals surface area contributed by atoms with Crippen LogP contribution in [0.1, 0.15) is 33.6 Å². The number of imide groups is 1. The zero-order valence-corrected chi connectivity index (χ0v) is 15.2. The van der Waals surface area contributed by atoms with Crippen molar-refractivity contribution in [1.29, 1.82) is 0 Å². The molecule has 2 aromatic rings. The van der Waals surface area contributed by atoms with Gasteiger partial charge in [0.15, 0.2) is 0 Å². The summed E-state index contributed by atoms with van der Waals surface area (Å²) in [5, 5.41) is 0. The van der Waals surface area contributed by atoms with Gasteiger partial charge in [0.1, 0.15) is 0 Å². The van der Waals surface area contributed by atoms with E-state index in [1.165, 1.54) is 24.3 Å². The summed E-state index contributed by atoms with van der Waals surface area (Å²) in [7, 11) is -3.69. The van der Waals surface area contributed by atoms with E-state index in [1.54, 1.807) is 24.3 Å². The van der Waals surface area contributed by atoms with Crippen molar-refractivity contribution in [3.63, 3.8) is 0 Å². The highest BCUT2D eigenvalue weighted by molar-refractivity contribution is 7.89. The second-order valence-electron chi connectivity index (χ2n) is 6.47. The predicted molar refractivity (Wildman–Crippen MR) is 98.2 cm³/mol. The molecule has 27 heavy (non-hydrogen) atoms. The Balaban J connectivity index is 1.52. The molecule has 1 atom stereocenters. The minimum Gasteiger partial charge on any atom is -0.377 e. The number of ether oxygens (including phenoxy) is 1. The molecule has 2 heterocycles. The number of hydrogen-bond acceptors (Lipinski definition) is 5. The Morgan fingerprint density at radius 1 is 1.00 bits per heavy atom. The van der Waals surface area contributed by atoms with Crippen LogP contribution in [0.5, 0.6) is 0 Å². The number of carbonyl (C=O) groups is 2. The molecule has 0 unspecified atom stereocenters. The van der Waals surface area contributed by atoms with Crippen LogP contribution in [0.25, 0.3) is 0 Å². The highest BCUT2D eigenvalue weighted by Gasteiger charge is 2.36. The third kappa shape index (κ3) is 3.27. The van der Waals surface area contributed by atoms with Crippen molar-refractivity contribution in [3.05, 3.63) is 59.7 Å². The predicted octanol–water partition coefficient (Wildman–Crippen LogP) is 1.94. The van der Waals surface area contributed by atoms with Gasteiger partial charge in [-0.2, -0.15) is 0 Å². The molecule has 2 amide bonds. The van der Waals surface area contributed by atoms with E-state index < -0.39 is 21.8 Å². The maximum Gasteiger partial charge on any atom is 0.266 e. The summed E-state index contributed by atoms with van der Waals surface area (Å²) in [4.78, 5) is 26.1. The zero-order chi connectivity index (χ0) is 19.0. The average molecular weight is 386 g/mol. The van der Waals surface area contributed by atoms with Gasteiger partial charge in [0.05, 0.1) is 27.8 Å². The maximum atomic E-state index is 12.5. The summed E-state index contributed by atoms with van der Waals surface area (Å²) in [6, 6.07) is 12.3. The molecule has 0 aliphatic carbocycles. The number of anilines is 1. The third-order valence-electron chi connectivity index (χ3n) is 4.72. The molecule has 0 spiro atoms. The lowest BCUT2D eigenvalue weighted by atomic mass is 10.1. The van der Waals surface area contributed by atoms with Gasteiger partial charge >= 0.3 is 0 Å². The molecule has 0 bridgehead atoms. The second kappa shape index (κ2) is 6.88. The van der Waals surface area contributed by atoms with Crippen molar-refractivity contribution in [2.45, 2.75) is 23.8 Å². The molecule has 2 aliphatic heterocycles. The maximum absolute atomic E-state index is 12.5. The highest BCUT2D eigenvalue weighted by atomic mass is 32.2. The second-order valence-corrected chi connectivity index (χ2v) is 8.24. The van der Waals surface area contributed by atoms with Crippen LogP contribution < -0.4 is 9.62 Å². The van der Waals surface area contributed by atoms with E-state index in [2.05, 4.69) is 4.72 Å². The first-order valence-corrected chi connectivity index (χ1v) is 10.1. The van der Waals surface area contributed by atoms with Gasteiger partial charge in [0.2, 0.25) is 10.0 Å². The van der Waals surface area contributed by atoms with Crippen LogP contribution in [-0.4, -0.2) is 39.5 Å². The van der Waals surface area contributed by atoms with E-state index in [0.29, 0.717) is 23.4 Å². The summed E-state index contributed by atoms with van der Waals surface area (Å²) in [6.45, 7) is 0.879. The van der Waals surface area contributed by atoms with E-state index in [9.17, 15) is 18.0 Å². The summed E-state index contributed by atoms with van der Waals surface area (Å²) in [5.74, 6) is -0.828. The average Bonchev–Trinajstić information content (AvgIpc) is 3.28. The lowest BCUT2D eigenvalue weighted by molar-refractivity contribution is 0.0926. The minimum atomic E-state index is -3.69. The van der Waals surface area contributed by atoms with Gasteiger partial charge in [0.25, 0.3) is 11.8 Å². The Morgan fingerprint density at radius 2 is 1.63 bits per heavy atom. The molecule has 7 nitrogen and oxygen atoms in total. The normalized spacial score (nSPS) is 19.6. The molecular weight excluding hydrogens is 368 g/mol. The van der Waals surface area contributed by atoms with Gasteiger partial charge in [-0.05, 0) is 49.2 Å². The van der Waals surface area contributed by atoms with Crippen molar-refractivity contribution >= 4 is 27.5 Å². The molecule has 1 N–H and O–H groups in total. The van der Waals surface area contributed by atoms with E-state index >= 15 is 0 Å². The number of hydrogen-bond donors (Lipinski definition) is 1. The number of carbonyl (C=O) groups excluding carboxylic acids is 2. The standard InChI is InChI=1S/C19H18N2O5S/c22-18-16-5-1-2-6-17(16)19(23)21(18)13-7-9-15(10-8-13)27(24,25)20-12-14-4-3-11-26-14/h1-2,5-10,14,20H,3-4,11-12H2/t14-/m0/s1. The lowest BCUT2D eigenvalue weighted by Crippen LogP contribution is -2.32. The van der Waals surface area contributed by atoms with Crippen LogP contribution in [0, 0.1) is 0 Å². The number of amides is 2. The summed E-state index contributed by atoms with van der Waals surface area (Å²) in [6.07, 6.45) is 1.67. The Kier molecular flexibility index (Phi) is 4.55. The fourth-order valence-electron chi connectivity index (χ4n) is 3.29. The van der Waals surface area contributed by atoms with Crippen LogP contribution in [0.4, 0.5) is 5.69 Å². The summed E-state index contributed by atoms with van der Waals surface area (Å²) in [5.41, 5.74) is 1.02. The molecule has 8 heteroatoms. The fourth-order valence-corrected chi connectivity index (χ4v) is 4.36. The Morgan fingerprint density at radius 3 is 2.19 bits per heavy atom. The first-order chi connectivity index (χ1) is 13.0. The Labute approximate surface area is 157 Å². The third-order valence-corrected chi connectivity index (χ3v) is 6.16. The highest BCUT2D eigenvalue weighted by Crippen LogP contribution is 2.28. The van der Waals surface area contributed by atoms with E-state index in [0.717, 1.165) is 17.7 Å². The number of rotatable bonds is 5. The summed E-state index contributed by atoms with van der Waals surface area (Å²) >= 11 is 0. The number of fused-ring (bicyclic) bond motifs is 1. The Bertz CT molecular complexity index is 960. The van der Waals surface area contributed by atoms with Gasteiger partial charge in [-0.15, -0.1) is 0 Å². The number of nitrogens with zero attached hydrogens (tertiary/aromatic N) is 1. The van der Waals surface area contributed by atoms with Crippen LogP contribution in [-0.2, 0) is 14.8 Å². The van der Waals surface area contributed by atoms with Crippen molar-refractivity contribution in [1.82, 2.24) is 4.72 Å². The molecule has 140 valence electrons. The van der Waals surface area contributed by atoms with Gasteiger partial charge in [0, 0.05) is 13.2 Å². The van der Waals surface area contributed by atoms with Gasteiger partial charge in [-0.25, -0.2) is 18.0 Å². The van der Waals surface area contributed by atoms with Gasteiger partial charge in [-0.1, -0.05) is 12.1 Å². The SMILES string of the molecule is O=C1c2ccccc2C(=O)N1c1ccc(S(=O)(=O)NC[C@@H]2CCCO2)cc1. The molecule has 0 aromatic heterocycles. The Hall–Kier alpha value is -2.55. The quantitative estimate of drug-likeness (QED) is 0.793. The minimum absolute atomic E-state index is 0.0702. The molecule has 0 radical (unpaired) electrons. The molecule has 2 aliphatic rings. The monoisotopic (exact) mass is 386 g/mol. The largest absolute Gasteiger partial charge is 0.377 e. The van der Waals surface area contributed by atoms with Crippen LogP contribution in [0.3, 0.4) is 0 Å². The van der Waals surface area contributed by atoms with E-state index in [-0.39, 0.29) is 17.5 Å². The van der Waals surface area contributed by atoms with Gasteiger partial charge in [-0.3, -0.25) is 9.59 Å². The summed E-state index contributed by atoms with van der Waals surface area (Å²) < 4.78 is 32.8. The fraction of sp³-hybridized carbons (Fsp3) is 0.263. The zero-order valence-electron chi connectivity index (χ0n) is 14.4. The van der Waals surface area contributed by atoms with Crippen LogP contribution in [0.2, 0.25) is 0 Å². The first-order valence-electron chi connectivity index (χ1n) is 8.66. The lowest BCUT2D eigenvalue weighted by Gasteiger charge is -2.15. The smallest absolute Gasteiger partial charge is 0.266 e. The molecule has 1 saturated heterocycles. The first kappa shape index (κ1) is 17.8. The van der Waals surface area contributed by atoms with Crippen LogP contribution >= 0.6 is 0 Å². The number of benzene rings is 2. The molecule has 2 aromatic carbocycles. The van der Waals surface area contributed by atoms with Crippen molar-refractivity contribution in [2.24, 2.45) is 0 Å². The van der Waals surface area contributed by atoms with Crippen molar-refractivity contribution in [3.8, 4) is 0 Å². The van der Waals surface area contributed by atoms with E-state index in [4.69, 9.17) is 4.74 Å². The van der Waals surface area contributed by atoms with Crippen LogP contribution in [0.15, 0.2) is 53.4 Å². The topological polar surface area (TPSA) is 92.8 Å².